The molecule has 0 saturated carbocycles. The molecule has 0 bridgehead atoms. The van der Waals surface area contributed by atoms with Gasteiger partial charge in [-0.2, -0.15) is 0 Å². The van der Waals surface area contributed by atoms with Gasteiger partial charge in [0.2, 0.25) is 0 Å². The molecule has 2 aliphatic rings. The van der Waals surface area contributed by atoms with Gasteiger partial charge in [-0.25, -0.2) is 0 Å². The van der Waals surface area contributed by atoms with E-state index in [4.69, 9.17) is 11.6 Å². The maximum absolute atomic E-state index is 12.4. The van der Waals surface area contributed by atoms with Crippen molar-refractivity contribution in [1.29, 1.82) is 0 Å². The highest BCUT2D eigenvalue weighted by Gasteiger charge is 2.28. The first-order valence-electron chi connectivity index (χ1n) is 8.61. The summed E-state index contributed by atoms with van der Waals surface area (Å²) in [7, 11) is 2.19. The van der Waals surface area contributed by atoms with E-state index in [1.165, 1.54) is 25.9 Å². The van der Waals surface area contributed by atoms with Gasteiger partial charge in [-0.1, -0.05) is 17.7 Å². The summed E-state index contributed by atoms with van der Waals surface area (Å²) in [5.74, 6) is -0.0114. The normalized spacial score (nSPS) is 24.5. The van der Waals surface area contributed by atoms with Crippen LogP contribution in [0.3, 0.4) is 0 Å². The fourth-order valence-electron chi connectivity index (χ4n) is 3.71. The van der Waals surface area contributed by atoms with Crippen LogP contribution in [-0.4, -0.2) is 61.0 Å². The lowest BCUT2D eigenvalue weighted by atomic mass is 9.98. The molecule has 2 fully saturated rings. The molecule has 4 nitrogen and oxygen atoms in total. The summed E-state index contributed by atoms with van der Waals surface area (Å²) >= 11 is 5.98. The van der Waals surface area contributed by atoms with Crippen molar-refractivity contribution in [2.24, 2.45) is 0 Å². The Morgan fingerprint density at radius 2 is 2.00 bits per heavy atom. The highest BCUT2D eigenvalue weighted by atomic mass is 35.5. The van der Waals surface area contributed by atoms with Crippen molar-refractivity contribution in [2.75, 3.05) is 33.2 Å². The van der Waals surface area contributed by atoms with Crippen molar-refractivity contribution in [3.05, 3.63) is 34.9 Å². The third-order valence-electron chi connectivity index (χ3n) is 5.08. The molecular formula is C18H26ClN3O. The molecule has 2 heterocycles. The van der Waals surface area contributed by atoms with Crippen molar-refractivity contribution in [3.8, 4) is 0 Å². The van der Waals surface area contributed by atoms with Gasteiger partial charge in [-0.3, -0.25) is 9.69 Å². The van der Waals surface area contributed by atoms with E-state index in [0.29, 0.717) is 16.6 Å². The maximum Gasteiger partial charge on any atom is 0.251 e. The second-order valence-corrected chi connectivity index (χ2v) is 7.29. The number of carbonyl (C=O) groups is 1. The van der Waals surface area contributed by atoms with E-state index in [1.807, 2.05) is 12.1 Å². The molecular weight excluding hydrogens is 310 g/mol. The van der Waals surface area contributed by atoms with Crippen molar-refractivity contribution in [1.82, 2.24) is 15.1 Å². The summed E-state index contributed by atoms with van der Waals surface area (Å²) in [6.45, 7) is 4.50. The first-order valence-corrected chi connectivity index (χ1v) is 8.98. The van der Waals surface area contributed by atoms with E-state index in [2.05, 4.69) is 22.2 Å². The van der Waals surface area contributed by atoms with Crippen LogP contribution in [0.15, 0.2) is 24.3 Å². The van der Waals surface area contributed by atoms with Crippen LogP contribution in [0.2, 0.25) is 5.02 Å². The fraction of sp³-hybridized carbons (Fsp3) is 0.611. The molecule has 2 aliphatic heterocycles. The quantitative estimate of drug-likeness (QED) is 0.922. The average molecular weight is 336 g/mol. The number of piperidine rings is 2. The van der Waals surface area contributed by atoms with E-state index in [9.17, 15) is 4.79 Å². The minimum absolute atomic E-state index is 0.0114. The predicted octanol–water partition coefficient (Wildman–Crippen LogP) is 2.63. The minimum atomic E-state index is -0.0114. The van der Waals surface area contributed by atoms with Crippen LogP contribution >= 0.6 is 11.6 Å². The lowest BCUT2D eigenvalue weighted by molar-refractivity contribution is 0.0766. The highest BCUT2D eigenvalue weighted by Crippen LogP contribution is 2.21. The van der Waals surface area contributed by atoms with E-state index in [1.54, 1.807) is 12.1 Å². The topological polar surface area (TPSA) is 35.6 Å². The number of hydrogen-bond acceptors (Lipinski definition) is 3. The number of likely N-dealkylation sites (tertiary alicyclic amines) is 2. The first-order chi connectivity index (χ1) is 11.1. The van der Waals surface area contributed by atoms with Crippen molar-refractivity contribution >= 4 is 17.5 Å². The van der Waals surface area contributed by atoms with Gasteiger partial charge in [-0.15, -0.1) is 0 Å². The average Bonchev–Trinajstić information content (AvgIpc) is 2.56. The molecule has 126 valence electrons. The van der Waals surface area contributed by atoms with Gasteiger partial charge in [0.25, 0.3) is 5.91 Å². The number of rotatable bonds is 3. The summed E-state index contributed by atoms with van der Waals surface area (Å²) in [6, 6.07) is 8.09. The van der Waals surface area contributed by atoms with Crippen LogP contribution in [0.1, 0.15) is 36.0 Å². The molecule has 0 radical (unpaired) electrons. The van der Waals surface area contributed by atoms with E-state index >= 15 is 0 Å². The van der Waals surface area contributed by atoms with Crippen molar-refractivity contribution < 1.29 is 4.79 Å². The second kappa shape index (κ2) is 7.65. The lowest BCUT2D eigenvalue weighted by Gasteiger charge is -2.41. The third-order valence-corrected chi connectivity index (χ3v) is 5.31. The monoisotopic (exact) mass is 335 g/mol. The molecule has 1 aromatic rings. The highest BCUT2D eigenvalue weighted by molar-refractivity contribution is 6.30. The van der Waals surface area contributed by atoms with Gasteiger partial charge in [0.05, 0.1) is 0 Å². The molecule has 23 heavy (non-hydrogen) atoms. The van der Waals surface area contributed by atoms with Crippen LogP contribution in [0, 0.1) is 0 Å². The Morgan fingerprint density at radius 3 is 2.74 bits per heavy atom. The zero-order chi connectivity index (χ0) is 16.2. The number of hydrogen-bond donors (Lipinski definition) is 1. The molecule has 0 aromatic heterocycles. The summed E-state index contributed by atoms with van der Waals surface area (Å²) in [4.78, 5) is 17.4. The first kappa shape index (κ1) is 16.7. The Bertz CT molecular complexity index is 543. The lowest BCUT2D eigenvalue weighted by Crippen LogP contribution is -2.53. The largest absolute Gasteiger partial charge is 0.348 e. The molecule has 1 atom stereocenters. The zero-order valence-corrected chi connectivity index (χ0v) is 14.6. The van der Waals surface area contributed by atoms with E-state index in [0.717, 1.165) is 25.9 Å². The third kappa shape index (κ3) is 4.46. The van der Waals surface area contributed by atoms with Gasteiger partial charge in [0.1, 0.15) is 0 Å². The smallest absolute Gasteiger partial charge is 0.251 e. The summed E-state index contributed by atoms with van der Waals surface area (Å²) in [5.41, 5.74) is 0.647. The molecule has 1 amide bonds. The number of amides is 1. The van der Waals surface area contributed by atoms with Crippen LogP contribution < -0.4 is 5.32 Å². The SMILES string of the molecule is CN1CCC(N2CCC[C@@H](NC(=O)c3cccc(Cl)c3)C2)CC1. The fourth-order valence-corrected chi connectivity index (χ4v) is 3.90. The maximum atomic E-state index is 12.4. The summed E-state index contributed by atoms with van der Waals surface area (Å²) in [6.07, 6.45) is 4.71. The number of nitrogens with one attached hydrogen (secondary N) is 1. The van der Waals surface area contributed by atoms with Gasteiger partial charge in [-0.05, 0) is 70.6 Å². The van der Waals surface area contributed by atoms with Crippen LogP contribution in [0.25, 0.3) is 0 Å². The van der Waals surface area contributed by atoms with Gasteiger partial charge in [0, 0.05) is 29.2 Å². The molecule has 0 aliphatic carbocycles. The molecule has 0 unspecified atom stereocenters. The van der Waals surface area contributed by atoms with Crippen molar-refractivity contribution in [3.63, 3.8) is 0 Å². The minimum Gasteiger partial charge on any atom is -0.348 e. The number of benzene rings is 1. The standard InChI is InChI=1S/C18H26ClN3O/c1-21-10-7-17(8-11-21)22-9-3-6-16(13-22)20-18(23)14-4-2-5-15(19)12-14/h2,4-5,12,16-17H,3,6-11,13H2,1H3,(H,20,23)/t16-/m1/s1. The number of halogens is 1. The molecule has 2 saturated heterocycles. The Kier molecular flexibility index (Phi) is 5.57. The molecule has 1 N–H and O–H groups in total. The van der Waals surface area contributed by atoms with Crippen LogP contribution in [0.5, 0.6) is 0 Å². The van der Waals surface area contributed by atoms with Gasteiger partial charge < -0.3 is 10.2 Å². The molecule has 5 heteroatoms. The summed E-state index contributed by atoms with van der Waals surface area (Å²) in [5, 5.41) is 3.80. The molecule has 0 spiro atoms. The zero-order valence-electron chi connectivity index (χ0n) is 13.8. The van der Waals surface area contributed by atoms with E-state index < -0.39 is 0 Å². The number of carbonyl (C=O) groups excluding carboxylic acids is 1. The van der Waals surface area contributed by atoms with Crippen LogP contribution in [-0.2, 0) is 0 Å². The van der Waals surface area contributed by atoms with Crippen molar-refractivity contribution in [2.45, 2.75) is 37.8 Å². The second-order valence-electron chi connectivity index (χ2n) is 6.85. The number of nitrogens with zero attached hydrogens (tertiary/aromatic N) is 2. The Hall–Kier alpha value is -1.10. The Balaban J connectivity index is 1.55. The predicted molar refractivity (Wildman–Crippen MR) is 94.0 cm³/mol. The van der Waals surface area contributed by atoms with Gasteiger partial charge in [0.15, 0.2) is 0 Å². The van der Waals surface area contributed by atoms with Crippen LogP contribution in [0.4, 0.5) is 0 Å². The Labute approximate surface area is 143 Å². The van der Waals surface area contributed by atoms with Gasteiger partial charge >= 0.3 is 0 Å². The molecule has 1 aromatic carbocycles. The van der Waals surface area contributed by atoms with E-state index in [-0.39, 0.29) is 11.9 Å². The molecule has 3 rings (SSSR count). The summed E-state index contributed by atoms with van der Waals surface area (Å²) < 4.78 is 0. The Morgan fingerprint density at radius 1 is 1.22 bits per heavy atom.